The minimum atomic E-state index is -1.53. The minimum Gasteiger partial charge on any atom is -0.381 e. The van der Waals surface area contributed by atoms with Gasteiger partial charge in [-0.25, -0.2) is 0 Å². The summed E-state index contributed by atoms with van der Waals surface area (Å²) < 4.78 is -0.557. The Kier molecular flexibility index (Phi) is 9.75. The van der Waals surface area contributed by atoms with E-state index < -0.39 is 28.8 Å². The van der Waals surface area contributed by atoms with Crippen molar-refractivity contribution >= 4 is 29.5 Å². The summed E-state index contributed by atoms with van der Waals surface area (Å²) in [5.41, 5.74) is 8.70. The molecule has 0 spiro atoms. The summed E-state index contributed by atoms with van der Waals surface area (Å²) in [5, 5.41) is 17.0. The highest BCUT2D eigenvalue weighted by atomic mass is 32.2. The lowest BCUT2D eigenvalue weighted by molar-refractivity contribution is -0.147. The second-order valence-corrected chi connectivity index (χ2v) is 11.8. The molecule has 0 saturated carbocycles. The molecule has 1 heterocycles. The van der Waals surface area contributed by atoms with Crippen LogP contribution in [0.5, 0.6) is 0 Å². The average molecular weight is 527 g/mol. The molecule has 0 aromatic heterocycles. The molecule has 37 heavy (non-hydrogen) atoms. The van der Waals surface area contributed by atoms with Crippen molar-refractivity contribution in [3.05, 3.63) is 71.3 Å². The Balaban J connectivity index is 1.78. The highest BCUT2D eigenvalue weighted by Gasteiger charge is 2.49. The summed E-state index contributed by atoms with van der Waals surface area (Å²) in [4.78, 5) is 40.9. The van der Waals surface area contributed by atoms with Gasteiger partial charge in [-0.1, -0.05) is 54.6 Å². The molecule has 3 rings (SSSR count). The molecule has 200 valence electrons. The molecule has 4 atom stereocenters. The zero-order valence-corrected chi connectivity index (χ0v) is 22.8. The highest BCUT2D eigenvalue weighted by Crippen LogP contribution is 2.40. The Morgan fingerprint density at radius 3 is 2.43 bits per heavy atom. The summed E-state index contributed by atoms with van der Waals surface area (Å²) in [7, 11) is 0. The third-order valence-electron chi connectivity index (χ3n) is 6.58. The molecule has 1 aliphatic heterocycles. The highest BCUT2D eigenvalue weighted by molar-refractivity contribution is 8.00. The van der Waals surface area contributed by atoms with E-state index in [4.69, 9.17) is 5.73 Å². The largest absolute Gasteiger partial charge is 0.381 e. The van der Waals surface area contributed by atoms with Crippen LogP contribution < -0.4 is 16.4 Å². The molecule has 5 N–H and O–H groups in total. The van der Waals surface area contributed by atoms with Crippen LogP contribution in [-0.4, -0.2) is 62.6 Å². The van der Waals surface area contributed by atoms with Crippen LogP contribution in [-0.2, 0) is 27.3 Å². The van der Waals surface area contributed by atoms with E-state index in [1.165, 1.54) is 16.7 Å². The first-order valence-corrected chi connectivity index (χ1v) is 13.5. The Morgan fingerprint density at radius 1 is 1.14 bits per heavy atom. The zero-order valence-electron chi connectivity index (χ0n) is 21.9. The van der Waals surface area contributed by atoms with Gasteiger partial charge in [0.1, 0.15) is 6.04 Å². The van der Waals surface area contributed by atoms with Crippen LogP contribution >= 0.6 is 11.8 Å². The van der Waals surface area contributed by atoms with E-state index >= 15 is 0 Å². The molecule has 9 heteroatoms. The van der Waals surface area contributed by atoms with Gasteiger partial charge in [-0.15, -0.1) is 11.8 Å². The lowest BCUT2D eigenvalue weighted by Crippen LogP contribution is -2.58. The smallest absolute Gasteiger partial charge is 0.254 e. The fourth-order valence-electron chi connectivity index (χ4n) is 4.51. The van der Waals surface area contributed by atoms with Crippen molar-refractivity contribution in [2.24, 2.45) is 5.73 Å². The monoisotopic (exact) mass is 526 g/mol. The van der Waals surface area contributed by atoms with Crippen LogP contribution in [0.4, 0.5) is 0 Å². The first-order chi connectivity index (χ1) is 17.5. The van der Waals surface area contributed by atoms with Gasteiger partial charge in [-0.05, 0) is 50.8 Å². The van der Waals surface area contributed by atoms with Gasteiger partial charge >= 0.3 is 0 Å². The number of aliphatic hydroxyl groups excluding tert-OH is 1. The molecular weight excluding hydrogens is 488 g/mol. The number of benzene rings is 2. The Hall–Kier alpha value is -2.88. The summed E-state index contributed by atoms with van der Waals surface area (Å²) in [6.07, 6.45) is -1.20. The lowest BCUT2D eigenvalue weighted by Gasteiger charge is -2.33. The number of carbonyl (C=O) groups excluding carboxylic acids is 3. The van der Waals surface area contributed by atoms with Crippen molar-refractivity contribution < 1.29 is 19.5 Å². The quantitative estimate of drug-likeness (QED) is 0.376. The second kappa shape index (κ2) is 12.6. The number of carbonyl (C=O) groups is 3. The normalized spacial score (nSPS) is 19.1. The van der Waals surface area contributed by atoms with Gasteiger partial charge in [0, 0.05) is 23.8 Å². The van der Waals surface area contributed by atoms with Gasteiger partial charge in [-0.3, -0.25) is 14.4 Å². The SMILES string of the molecule is Cc1ccccc1CNC(=O)C1N(C(=O)C(O)C(Cc2ccccc2)NC(=O)CC(C)N)CSC1(C)C. The number of nitrogens with one attached hydrogen (secondary N) is 2. The number of aliphatic hydroxyl groups is 1. The van der Waals surface area contributed by atoms with Crippen molar-refractivity contribution in [3.63, 3.8) is 0 Å². The van der Waals surface area contributed by atoms with Gasteiger partial charge in [-0.2, -0.15) is 0 Å². The zero-order chi connectivity index (χ0) is 27.2. The van der Waals surface area contributed by atoms with E-state index in [9.17, 15) is 19.5 Å². The predicted molar refractivity (Wildman–Crippen MR) is 147 cm³/mol. The van der Waals surface area contributed by atoms with E-state index in [1.807, 2.05) is 75.4 Å². The number of hydrogen-bond acceptors (Lipinski definition) is 6. The maximum Gasteiger partial charge on any atom is 0.254 e. The molecule has 8 nitrogen and oxygen atoms in total. The van der Waals surface area contributed by atoms with Gasteiger partial charge in [0.25, 0.3) is 5.91 Å². The molecular formula is C28H38N4O4S. The van der Waals surface area contributed by atoms with Crippen LogP contribution in [0.1, 0.15) is 43.9 Å². The average Bonchev–Trinajstić information content (AvgIpc) is 3.17. The van der Waals surface area contributed by atoms with Crippen molar-refractivity contribution in [1.29, 1.82) is 0 Å². The van der Waals surface area contributed by atoms with Crippen LogP contribution in [0.25, 0.3) is 0 Å². The fraction of sp³-hybridized carbons (Fsp3) is 0.464. The number of nitrogens with two attached hydrogens (primary N) is 1. The fourth-order valence-corrected chi connectivity index (χ4v) is 5.65. The molecule has 2 aromatic rings. The van der Waals surface area contributed by atoms with E-state index in [1.54, 1.807) is 6.92 Å². The van der Waals surface area contributed by atoms with Gasteiger partial charge in [0.2, 0.25) is 11.8 Å². The molecule has 1 saturated heterocycles. The first-order valence-electron chi connectivity index (χ1n) is 12.5. The van der Waals surface area contributed by atoms with Gasteiger partial charge < -0.3 is 26.4 Å². The topological polar surface area (TPSA) is 125 Å². The number of thioether (sulfide) groups is 1. The molecule has 0 radical (unpaired) electrons. The van der Waals surface area contributed by atoms with Crippen molar-refractivity contribution in [2.45, 2.75) is 76.1 Å². The first kappa shape index (κ1) is 28.7. The molecule has 4 unspecified atom stereocenters. The van der Waals surface area contributed by atoms with E-state index in [2.05, 4.69) is 10.6 Å². The van der Waals surface area contributed by atoms with E-state index in [0.29, 0.717) is 6.54 Å². The molecule has 3 amide bonds. The van der Waals surface area contributed by atoms with Gasteiger partial charge in [0.05, 0.1) is 11.9 Å². The third-order valence-corrected chi connectivity index (χ3v) is 7.95. The predicted octanol–water partition coefficient (Wildman–Crippen LogP) is 2.12. The van der Waals surface area contributed by atoms with Crippen molar-refractivity contribution in [2.75, 3.05) is 5.88 Å². The Labute approximate surface area is 223 Å². The molecule has 2 aromatic carbocycles. The maximum atomic E-state index is 13.6. The van der Waals surface area contributed by atoms with Crippen LogP contribution in [0.15, 0.2) is 54.6 Å². The van der Waals surface area contributed by atoms with Crippen molar-refractivity contribution in [1.82, 2.24) is 15.5 Å². The number of hydrogen-bond donors (Lipinski definition) is 4. The maximum absolute atomic E-state index is 13.6. The number of aryl methyl sites for hydroxylation is 1. The number of amides is 3. The van der Waals surface area contributed by atoms with Crippen LogP contribution in [0, 0.1) is 6.92 Å². The minimum absolute atomic E-state index is 0.0722. The summed E-state index contributed by atoms with van der Waals surface area (Å²) >= 11 is 1.48. The Morgan fingerprint density at radius 2 is 1.78 bits per heavy atom. The molecule has 1 aliphatic rings. The molecule has 1 fully saturated rings. The van der Waals surface area contributed by atoms with Crippen molar-refractivity contribution in [3.8, 4) is 0 Å². The molecule has 0 aliphatic carbocycles. The van der Waals surface area contributed by atoms with E-state index in [0.717, 1.165) is 16.7 Å². The standard InChI is InChI=1S/C28H38N4O4S/c1-18-10-8-9-13-21(18)16-30-26(35)25-28(3,4)37-17-32(25)27(36)24(34)22(31-23(33)14-19(2)29)15-20-11-6-5-7-12-20/h5-13,19,22,24-25,34H,14-17,29H2,1-4H3,(H,30,35)(H,31,33). The second-order valence-electron chi connectivity index (χ2n) is 10.2. The summed E-state index contributed by atoms with van der Waals surface area (Å²) in [6, 6.07) is 15.1. The van der Waals surface area contributed by atoms with E-state index in [-0.39, 0.29) is 36.6 Å². The Bertz CT molecular complexity index is 1090. The third kappa shape index (κ3) is 7.56. The number of rotatable bonds is 10. The summed E-state index contributed by atoms with van der Waals surface area (Å²) in [5.74, 6) is -0.945. The van der Waals surface area contributed by atoms with Gasteiger partial charge in [0.15, 0.2) is 6.10 Å². The summed E-state index contributed by atoms with van der Waals surface area (Å²) in [6.45, 7) is 7.88. The number of nitrogens with zero attached hydrogens (tertiary/aromatic N) is 1. The molecule has 0 bridgehead atoms. The lowest BCUT2D eigenvalue weighted by atomic mass is 9.97. The van der Waals surface area contributed by atoms with Crippen LogP contribution in [0.2, 0.25) is 0 Å². The van der Waals surface area contributed by atoms with Crippen LogP contribution in [0.3, 0.4) is 0 Å².